The van der Waals surface area contributed by atoms with Crippen LogP contribution in [0.2, 0.25) is 0 Å². The average molecular weight is 479 g/mol. The van der Waals surface area contributed by atoms with Gasteiger partial charge in [0.15, 0.2) is 5.69 Å². The minimum absolute atomic E-state index is 0.00524. The molecule has 34 heavy (non-hydrogen) atoms. The van der Waals surface area contributed by atoms with Gasteiger partial charge in [0.05, 0.1) is 28.1 Å². The molecular formula is C23H15F6N3O2. The van der Waals surface area contributed by atoms with E-state index in [0.717, 1.165) is 10.7 Å². The normalized spacial score (nSPS) is 16.1. The molecule has 2 amide bonds. The maximum Gasteiger partial charge on any atom is 0.435 e. The zero-order valence-electron chi connectivity index (χ0n) is 17.3. The summed E-state index contributed by atoms with van der Waals surface area (Å²) in [6.45, 7) is 0. The number of hydrogen-bond donors (Lipinski definition) is 0. The SMILES string of the molecule is O=C1c2ccccc2C(=O)N1c1cc(C(F)(F)F)ccc1-n1nc(C(F)(F)F)c2c1CCCC2. The molecule has 2 aliphatic rings. The van der Waals surface area contributed by atoms with Gasteiger partial charge in [-0.2, -0.15) is 31.4 Å². The molecule has 0 atom stereocenters. The van der Waals surface area contributed by atoms with Gasteiger partial charge in [0, 0.05) is 11.3 Å². The zero-order valence-corrected chi connectivity index (χ0v) is 17.3. The van der Waals surface area contributed by atoms with E-state index in [9.17, 15) is 35.9 Å². The quantitative estimate of drug-likeness (QED) is 0.356. The Labute approximate surface area is 188 Å². The van der Waals surface area contributed by atoms with Gasteiger partial charge in [-0.15, -0.1) is 0 Å². The number of imide groups is 1. The fourth-order valence-corrected chi connectivity index (χ4v) is 4.49. The Kier molecular flexibility index (Phi) is 4.85. The van der Waals surface area contributed by atoms with Crippen LogP contribution in [0.5, 0.6) is 0 Å². The number of halogens is 6. The fraction of sp³-hybridized carbons (Fsp3) is 0.261. The number of aromatic nitrogens is 2. The molecule has 0 N–H and O–H groups in total. The maximum atomic E-state index is 13.7. The average Bonchev–Trinajstić information content (AvgIpc) is 3.29. The number of fused-ring (bicyclic) bond motifs is 2. The molecule has 2 heterocycles. The summed E-state index contributed by atoms with van der Waals surface area (Å²) in [5, 5.41) is 3.72. The summed E-state index contributed by atoms with van der Waals surface area (Å²) in [6.07, 6.45) is -8.16. The number of carbonyl (C=O) groups excluding carboxylic acids is 2. The lowest BCUT2D eigenvalue weighted by Gasteiger charge is -2.22. The number of nitrogens with zero attached hydrogens (tertiary/aromatic N) is 3. The van der Waals surface area contributed by atoms with Crippen molar-refractivity contribution in [2.45, 2.75) is 38.0 Å². The molecule has 0 bridgehead atoms. The topological polar surface area (TPSA) is 55.2 Å². The van der Waals surface area contributed by atoms with Gasteiger partial charge in [0.1, 0.15) is 0 Å². The summed E-state index contributed by atoms with van der Waals surface area (Å²) in [5.41, 5.74) is -2.79. The maximum absolute atomic E-state index is 13.7. The molecule has 5 nitrogen and oxygen atoms in total. The standard InChI is InChI=1S/C23H15F6N3O2/c24-22(25,26)12-9-10-17(32-16-8-4-3-7-15(16)19(30-32)23(27,28)29)18(11-12)31-20(33)13-5-1-2-6-14(13)21(31)34/h1-2,5-6,9-11H,3-4,7-8H2. The van der Waals surface area contributed by atoms with Crippen LogP contribution in [0.1, 0.15) is 56.1 Å². The number of alkyl halides is 6. The summed E-state index contributed by atoms with van der Waals surface area (Å²) in [6, 6.07) is 7.97. The third-order valence-corrected chi connectivity index (χ3v) is 6.01. The molecule has 176 valence electrons. The monoisotopic (exact) mass is 479 g/mol. The van der Waals surface area contributed by atoms with Crippen LogP contribution in [-0.4, -0.2) is 21.6 Å². The molecule has 11 heteroatoms. The number of benzene rings is 2. The van der Waals surface area contributed by atoms with E-state index in [1.54, 1.807) is 0 Å². The van der Waals surface area contributed by atoms with Crippen LogP contribution in [0.3, 0.4) is 0 Å². The summed E-state index contributed by atoms with van der Waals surface area (Å²) >= 11 is 0. The van der Waals surface area contributed by atoms with Gasteiger partial charge in [0.2, 0.25) is 0 Å². The second-order valence-corrected chi connectivity index (χ2v) is 8.08. The third-order valence-electron chi connectivity index (χ3n) is 6.01. The van der Waals surface area contributed by atoms with E-state index >= 15 is 0 Å². The zero-order chi connectivity index (χ0) is 24.4. The van der Waals surface area contributed by atoms with Gasteiger partial charge < -0.3 is 0 Å². The highest BCUT2D eigenvalue weighted by atomic mass is 19.4. The molecule has 0 saturated carbocycles. The van der Waals surface area contributed by atoms with Crippen molar-refractivity contribution >= 4 is 17.5 Å². The molecule has 2 aromatic carbocycles. The van der Waals surface area contributed by atoms with Crippen molar-refractivity contribution < 1.29 is 35.9 Å². The molecule has 5 rings (SSSR count). The van der Waals surface area contributed by atoms with E-state index in [1.807, 2.05) is 0 Å². The van der Waals surface area contributed by atoms with Crippen LogP contribution in [0.25, 0.3) is 5.69 Å². The Morgan fingerprint density at radius 3 is 1.97 bits per heavy atom. The van der Waals surface area contributed by atoms with Crippen molar-refractivity contribution in [1.29, 1.82) is 0 Å². The lowest BCUT2D eigenvalue weighted by atomic mass is 9.95. The Hall–Kier alpha value is -3.63. The number of rotatable bonds is 2. The number of anilines is 1. The number of amides is 2. The van der Waals surface area contributed by atoms with Crippen molar-refractivity contribution in [3.63, 3.8) is 0 Å². The van der Waals surface area contributed by atoms with Crippen LogP contribution in [0.15, 0.2) is 42.5 Å². The molecule has 0 spiro atoms. The van der Waals surface area contributed by atoms with Gasteiger partial charge in [-0.1, -0.05) is 12.1 Å². The van der Waals surface area contributed by atoms with E-state index in [0.29, 0.717) is 29.9 Å². The van der Waals surface area contributed by atoms with Crippen molar-refractivity contribution in [3.05, 3.63) is 76.1 Å². The van der Waals surface area contributed by atoms with Crippen molar-refractivity contribution in [2.24, 2.45) is 0 Å². The molecule has 1 aliphatic heterocycles. The van der Waals surface area contributed by atoms with Crippen molar-refractivity contribution in [2.75, 3.05) is 4.90 Å². The molecule has 1 aliphatic carbocycles. The number of hydrogen-bond acceptors (Lipinski definition) is 3. The van der Waals surface area contributed by atoms with Crippen LogP contribution in [-0.2, 0) is 25.2 Å². The number of carbonyl (C=O) groups is 2. The summed E-state index contributed by atoms with van der Waals surface area (Å²) in [7, 11) is 0. The lowest BCUT2D eigenvalue weighted by Crippen LogP contribution is -2.31. The smallest absolute Gasteiger partial charge is 0.268 e. The van der Waals surface area contributed by atoms with E-state index in [1.165, 1.54) is 24.3 Å². The van der Waals surface area contributed by atoms with E-state index in [2.05, 4.69) is 5.10 Å². The lowest BCUT2D eigenvalue weighted by molar-refractivity contribution is -0.142. The van der Waals surface area contributed by atoms with Gasteiger partial charge in [-0.25, -0.2) is 9.58 Å². The van der Waals surface area contributed by atoms with Crippen molar-refractivity contribution in [1.82, 2.24) is 9.78 Å². The molecule has 0 fully saturated rings. The molecule has 0 unspecified atom stereocenters. The van der Waals surface area contributed by atoms with Crippen molar-refractivity contribution in [3.8, 4) is 5.69 Å². The van der Waals surface area contributed by atoms with E-state index in [4.69, 9.17) is 0 Å². The minimum Gasteiger partial charge on any atom is -0.268 e. The molecule has 1 aromatic heterocycles. The first-order valence-electron chi connectivity index (χ1n) is 10.4. The first-order valence-corrected chi connectivity index (χ1v) is 10.4. The largest absolute Gasteiger partial charge is 0.435 e. The van der Waals surface area contributed by atoms with Crippen LogP contribution >= 0.6 is 0 Å². The van der Waals surface area contributed by atoms with Gasteiger partial charge >= 0.3 is 12.4 Å². The summed E-state index contributed by atoms with van der Waals surface area (Å²) < 4.78 is 82.5. The predicted octanol–water partition coefficient (Wildman–Crippen LogP) is 5.59. The predicted molar refractivity (Wildman–Crippen MR) is 108 cm³/mol. The Morgan fingerprint density at radius 1 is 0.765 bits per heavy atom. The van der Waals surface area contributed by atoms with Crippen LogP contribution in [0.4, 0.5) is 32.0 Å². The Morgan fingerprint density at radius 2 is 1.38 bits per heavy atom. The first-order chi connectivity index (χ1) is 16.0. The molecule has 0 radical (unpaired) electrons. The highest BCUT2D eigenvalue weighted by Gasteiger charge is 2.42. The Balaban J connectivity index is 1.76. The Bertz CT molecular complexity index is 1300. The second kappa shape index (κ2) is 7.44. The van der Waals surface area contributed by atoms with Gasteiger partial charge in [-0.05, 0) is 56.0 Å². The van der Waals surface area contributed by atoms with E-state index in [-0.39, 0.29) is 40.9 Å². The second-order valence-electron chi connectivity index (χ2n) is 8.08. The third kappa shape index (κ3) is 3.37. The van der Waals surface area contributed by atoms with Crippen LogP contribution < -0.4 is 4.90 Å². The first kappa shape index (κ1) is 22.2. The highest BCUT2D eigenvalue weighted by molar-refractivity contribution is 6.35. The van der Waals surface area contributed by atoms with Crippen LogP contribution in [0, 0.1) is 0 Å². The molecular weight excluding hydrogens is 464 g/mol. The molecule has 0 saturated heterocycles. The summed E-state index contributed by atoms with van der Waals surface area (Å²) in [4.78, 5) is 26.6. The minimum atomic E-state index is -4.81. The van der Waals surface area contributed by atoms with Gasteiger partial charge in [0.25, 0.3) is 11.8 Å². The van der Waals surface area contributed by atoms with E-state index < -0.39 is 41.1 Å². The highest BCUT2D eigenvalue weighted by Crippen LogP contribution is 2.41. The van der Waals surface area contributed by atoms with Gasteiger partial charge in [-0.3, -0.25) is 9.59 Å². The fourth-order valence-electron chi connectivity index (χ4n) is 4.49. The molecule has 3 aromatic rings. The summed E-state index contributed by atoms with van der Waals surface area (Å²) in [5.74, 6) is -1.73.